The second-order valence-electron chi connectivity index (χ2n) is 4.07. The fraction of sp³-hybridized carbons (Fsp3) is 0.286. The molecular weight excluding hydrogens is 278 g/mol. The standard InChI is InChI=1S/C14H16ClN3O2/c1-16-12-7-9(8-19-2)17-14(18-12)13-10(15)5-4-6-11(13)20-3/h4-7H,8H2,1-3H3,(H,16,17,18). The smallest absolute Gasteiger partial charge is 0.167 e. The summed E-state index contributed by atoms with van der Waals surface area (Å²) in [5.41, 5.74) is 1.44. The van der Waals surface area contributed by atoms with Crippen LogP contribution in [0.4, 0.5) is 5.82 Å². The number of rotatable bonds is 5. The van der Waals surface area contributed by atoms with E-state index in [1.165, 1.54) is 0 Å². The second-order valence-corrected chi connectivity index (χ2v) is 4.48. The van der Waals surface area contributed by atoms with Gasteiger partial charge in [0.1, 0.15) is 11.6 Å². The number of methoxy groups -OCH3 is 2. The molecule has 2 rings (SSSR count). The summed E-state index contributed by atoms with van der Waals surface area (Å²) in [6, 6.07) is 7.26. The van der Waals surface area contributed by atoms with Crippen LogP contribution in [0.2, 0.25) is 5.02 Å². The zero-order chi connectivity index (χ0) is 14.5. The maximum absolute atomic E-state index is 6.26. The van der Waals surface area contributed by atoms with Gasteiger partial charge in [-0.15, -0.1) is 0 Å². The van der Waals surface area contributed by atoms with Crippen LogP contribution in [0.1, 0.15) is 5.69 Å². The molecule has 1 N–H and O–H groups in total. The normalized spacial score (nSPS) is 10.4. The SMILES string of the molecule is CNc1cc(COC)nc(-c2c(Cl)cccc2OC)n1. The molecule has 0 saturated carbocycles. The highest BCUT2D eigenvalue weighted by Gasteiger charge is 2.15. The van der Waals surface area contributed by atoms with Crippen molar-refractivity contribution in [2.24, 2.45) is 0 Å². The molecule has 0 saturated heterocycles. The Morgan fingerprint density at radius 2 is 2.05 bits per heavy atom. The van der Waals surface area contributed by atoms with Crippen LogP contribution in [-0.4, -0.2) is 31.2 Å². The maximum Gasteiger partial charge on any atom is 0.167 e. The molecule has 0 fully saturated rings. The van der Waals surface area contributed by atoms with Gasteiger partial charge in [-0.05, 0) is 12.1 Å². The predicted octanol–water partition coefficient (Wildman–Crippen LogP) is 2.99. The Hall–Kier alpha value is -1.85. The fourth-order valence-corrected chi connectivity index (χ4v) is 2.10. The lowest BCUT2D eigenvalue weighted by atomic mass is 10.2. The van der Waals surface area contributed by atoms with E-state index in [0.717, 1.165) is 5.69 Å². The summed E-state index contributed by atoms with van der Waals surface area (Å²) in [6.45, 7) is 0.400. The minimum absolute atomic E-state index is 0.400. The Labute approximate surface area is 122 Å². The van der Waals surface area contributed by atoms with Crippen LogP contribution in [0, 0.1) is 0 Å². The predicted molar refractivity (Wildman–Crippen MR) is 79.3 cm³/mol. The van der Waals surface area contributed by atoms with Crippen molar-refractivity contribution in [2.75, 3.05) is 26.6 Å². The summed E-state index contributed by atoms with van der Waals surface area (Å²) in [4.78, 5) is 8.90. The van der Waals surface area contributed by atoms with Crippen LogP contribution in [0.25, 0.3) is 11.4 Å². The van der Waals surface area contributed by atoms with Crippen molar-refractivity contribution in [3.63, 3.8) is 0 Å². The highest BCUT2D eigenvalue weighted by atomic mass is 35.5. The van der Waals surface area contributed by atoms with Crippen molar-refractivity contribution in [1.82, 2.24) is 9.97 Å². The van der Waals surface area contributed by atoms with Gasteiger partial charge in [0, 0.05) is 20.2 Å². The molecule has 0 bridgehead atoms. The zero-order valence-electron chi connectivity index (χ0n) is 11.6. The van der Waals surface area contributed by atoms with Crippen molar-refractivity contribution in [3.8, 4) is 17.1 Å². The number of aromatic nitrogens is 2. The zero-order valence-corrected chi connectivity index (χ0v) is 12.4. The summed E-state index contributed by atoms with van der Waals surface area (Å²) in [7, 11) is 5.01. The lowest BCUT2D eigenvalue weighted by Crippen LogP contribution is -2.03. The van der Waals surface area contributed by atoms with Gasteiger partial charge in [-0.1, -0.05) is 17.7 Å². The highest BCUT2D eigenvalue weighted by molar-refractivity contribution is 6.33. The first kappa shape index (κ1) is 14.6. The molecule has 1 aromatic heterocycles. The molecule has 0 aliphatic rings. The third-order valence-electron chi connectivity index (χ3n) is 2.75. The van der Waals surface area contributed by atoms with Gasteiger partial charge in [0.15, 0.2) is 5.82 Å². The first-order chi connectivity index (χ1) is 9.69. The largest absolute Gasteiger partial charge is 0.496 e. The molecule has 0 amide bonds. The van der Waals surface area contributed by atoms with E-state index in [4.69, 9.17) is 21.1 Å². The summed E-state index contributed by atoms with van der Waals surface area (Å²) in [5, 5.41) is 3.54. The topological polar surface area (TPSA) is 56.3 Å². The summed E-state index contributed by atoms with van der Waals surface area (Å²) in [5.74, 6) is 1.84. The van der Waals surface area contributed by atoms with Crippen molar-refractivity contribution in [1.29, 1.82) is 0 Å². The average molecular weight is 294 g/mol. The molecule has 5 nitrogen and oxygen atoms in total. The number of nitrogens with zero attached hydrogens (tertiary/aromatic N) is 2. The lowest BCUT2D eigenvalue weighted by molar-refractivity contribution is 0.181. The molecular formula is C14H16ClN3O2. The first-order valence-electron chi connectivity index (χ1n) is 6.07. The monoisotopic (exact) mass is 293 g/mol. The van der Waals surface area contributed by atoms with Gasteiger partial charge in [-0.2, -0.15) is 0 Å². The van der Waals surface area contributed by atoms with Gasteiger partial charge in [-0.25, -0.2) is 9.97 Å². The molecule has 1 heterocycles. The number of halogens is 1. The minimum atomic E-state index is 0.400. The molecule has 106 valence electrons. The van der Waals surface area contributed by atoms with Crippen molar-refractivity contribution in [3.05, 3.63) is 35.0 Å². The molecule has 0 aliphatic heterocycles. The van der Waals surface area contributed by atoms with Crippen molar-refractivity contribution < 1.29 is 9.47 Å². The third kappa shape index (κ3) is 3.00. The molecule has 0 spiro atoms. The van der Waals surface area contributed by atoms with Crippen molar-refractivity contribution >= 4 is 17.4 Å². The number of ether oxygens (including phenoxy) is 2. The van der Waals surface area contributed by atoms with Crippen LogP contribution in [0.3, 0.4) is 0 Å². The summed E-state index contributed by atoms with van der Waals surface area (Å²) >= 11 is 6.26. The Balaban J connectivity index is 2.59. The quantitative estimate of drug-likeness (QED) is 0.918. The van der Waals surface area contributed by atoms with Crippen molar-refractivity contribution in [2.45, 2.75) is 6.61 Å². The molecule has 2 aromatic rings. The third-order valence-corrected chi connectivity index (χ3v) is 3.06. The van der Waals surface area contributed by atoms with Gasteiger partial charge >= 0.3 is 0 Å². The highest BCUT2D eigenvalue weighted by Crippen LogP contribution is 2.34. The van der Waals surface area contributed by atoms with Crippen LogP contribution in [-0.2, 0) is 11.3 Å². The molecule has 0 radical (unpaired) electrons. The number of anilines is 1. The average Bonchev–Trinajstić information content (AvgIpc) is 2.46. The van der Waals surface area contributed by atoms with Gasteiger partial charge in [0.05, 0.1) is 30.0 Å². The Bertz CT molecular complexity index is 605. The van der Waals surface area contributed by atoms with E-state index >= 15 is 0 Å². The van der Waals surface area contributed by atoms with E-state index in [-0.39, 0.29) is 0 Å². The van der Waals surface area contributed by atoms with E-state index in [1.807, 2.05) is 18.2 Å². The van der Waals surface area contributed by atoms with Crippen LogP contribution in [0.5, 0.6) is 5.75 Å². The second kappa shape index (κ2) is 6.54. The Kier molecular flexibility index (Phi) is 4.76. The van der Waals surface area contributed by atoms with Gasteiger partial charge in [0.2, 0.25) is 0 Å². The van der Waals surface area contributed by atoms with E-state index in [1.54, 1.807) is 27.3 Å². The van der Waals surface area contributed by atoms with E-state index in [9.17, 15) is 0 Å². The Morgan fingerprint density at radius 1 is 1.25 bits per heavy atom. The maximum atomic E-state index is 6.26. The lowest BCUT2D eigenvalue weighted by Gasteiger charge is -2.11. The van der Waals surface area contributed by atoms with Crippen LogP contribution >= 0.6 is 11.6 Å². The Morgan fingerprint density at radius 3 is 2.70 bits per heavy atom. The molecule has 1 aromatic carbocycles. The fourth-order valence-electron chi connectivity index (χ4n) is 1.85. The number of hydrogen-bond acceptors (Lipinski definition) is 5. The van der Waals surface area contributed by atoms with Crippen LogP contribution in [0.15, 0.2) is 24.3 Å². The minimum Gasteiger partial charge on any atom is -0.496 e. The van der Waals surface area contributed by atoms with Gasteiger partial charge < -0.3 is 14.8 Å². The molecule has 0 atom stereocenters. The summed E-state index contributed by atoms with van der Waals surface area (Å²) in [6.07, 6.45) is 0. The number of nitrogens with one attached hydrogen (secondary N) is 1. The van der Waals surface area contributed by atoms with E-state index < -0.39 is 0 Å². The van der Waals surface area contributed by atoms with E-state index in [0.29, 0.717) is 34.6 Å². The van der Waals surface area contributed by atoms with E-state index in [2.05, 4.69) is 15.3 Å². The summed E-state index contributed by atoms with van der Waals surface area (Å²) < 4.78 is 10.5. The number of hydrogen-bond donors (Lipinski definition) is 1. The van der Waals surface area contributed by atoms with Crippen LogP contribution < -0.4 is 10.1 Å². The molecule has 0 unspecified atom stereocenters. The first-order valence-corrected chi connectivity index (χ1v) is 6.45. The molecule has 6 heteroatoms. The van der Waals surface area contributed by atoms with Gasteiger partial charge in [-0.3, -0.25) is 0 Å². The number of benzene rings is 1. The molecule has 0 aliphatic carbocycles. The molecule has 20 heavy (non-hydrogen) atoms. The van der Waals surface area contributed by atoms with Gasteiger partial charge in [0.25, 0.3) is 0 Å².